The number of nitrogens with one attached hydrogen (secondary N) is 1. The first-order chi connectivity index (χ1) is 14.3. The molecule has 1 fully saturated rings. The molecule has 1 aliphatic carbocycles. The number of carboxylic acid groups (broad SMARTS) is 1. The zero-order chi connectivity index (χ0) is 21.4. The number of aromatic amines is 1. The second-order valence-electron chi connectivity index (χ2n) is 8.51. The van der Waals surface area contributed by atoms with Gasteiger partial charge in [0.25, 0.3) is 5.91 Å². The minimum Gasteiger partial charge on any atom is -0.481 e. The van der Waals surface area contributed by atoms with E-state index in [0.29, 0.717) is 38.0 Å². The van der Waals surface area contributed by atoms with Crippen molar-refractivity contribution in [3.63, 3.8) is 0 Å². The Balaban J connectivity index is 1.50. The van der Waals surface area contributed by atoms with Gasteiger partial charge in [0.1, 0.15) is 5.69 Å². The predicted octanol–water partition coefficient (Wildman–Crippen LogP) is 2.99. The van der Waals surface area contributed by atoms with Crippen LogP contribution < -0.4 is 0 Å². The number of carbonyl (C=O) groups excluding carboxylic acids is 2. The highest BCUT2D eigenvalue weighted by Crippen LogP contribution is 2.34. The fraction of sp³-hybridized carbons (Fsp3) is 0.435. The molecular formula is C23H27N3O4. The number of nitrogens with zero attached hydrogens (tertiary/aromatic N) is 2. The molecule has 2 aliphatic rings. The molecule has 1 aromatic carbocycles. The number of aliphatic carboxylic acids is 1. The van der Waals surface area contributed by atoms with Gasteiger partial charge < -0.3 is 19.9 Å². The Morgan fingerprint density at radius 3 is 2.60 bits per heavy atom. The van der Waals surface area contributed by atoms with E-state index in [1.165, 1.54) is 4.90 Å². The number of hydrogen-bond acceptors (Lipinski definition) is 3. The summed E-state index contributed by atoms with van der Waals surface area (Å²) in [5.41, 5.74) is 3.55. The molecule has 1 saturated carbocycles. The van der Waals surface area contributed by atoms with Gasteiger partial charge in [-0.25, -0.2) is 0 Å². The molecule has 2 aromatic rings. The van der Waals surface area contributed by atoms with Crippen LogP contribution in [0.1, 0.15) is 41.7 Å². The summed E-state index contributed by atoms with van der Waals surface area (Å²) >= 11 is 0. The third-order valence-corrected chi connectivity index (χ3v) is 6.22. The molecule has 2 N–H and O–H groups in total. The molecule has 0 unspecified atom stereocenters. The van der Waals surface area contributed by atoms with Crippen LogP contribution in [0.5, 0.6) is 0 Å². The molecule has 0 bridgehead atoms. The van der Waals surface area contributed by atoms with Gasteiger partial charge in [0.05, 0.1) is 5.92 Å². The van der Waals surface area contributed by atoms with Crippen molar-refractivity contribution in [1.82, 2.24) is 14.8 Å². The van der Waals surface area contributed by atoms with Gasteiger partial charge >= 0.3 is 5.97 Å². The first-order valence-corrected chi connectivity index (χ1v) is 10.4. The van der Waals surface area contributed by atoms with Gasteiger partial charge in [-0.2, -0.15) is 0 Å². The highest BCUT2D eigenvalue weighted by molar-refractivity contribution is 5.98. The fourth-order valence-electron chi connectivity index (χ4n) is 4.51. The van der Waals surface area contributed by atoms with Crippen LogP contribution in [0, 0.1) is 11.8 Å². The van der Waals surface area contributed by atoms with Crippen molar-refractivity contribution in [2.45, 2.75) is 25.7 Å². The van der Waals surface area contributed by atoms with E-state index in [1.807, 2.05) is 29.2 Å². The van der Waals surface area contributed by atoms with Crippen molar-refractivity contribution in [2.24, 2.45) is 11.8 Å². The standard InChI is InChI=1S/C23H27N3O4/c1-25(2)22(28)20-12-15-6-5-14(11-19(15)24-20)18-4-3-9-26(13-18)21(27)16-7-8-17(10-16)23(29)30/h4-6,11-12,16-17,24H,3,7-10,13H2,1-2H3,(H,29,30)/t16-,17+/m1/s1. The number of amides is 2. The Labute approximate surface area is 175 Å². The van der Waals surface area contributed by atoms with Gasteiger partial charge in [0.2, 0.25) is 5.91 Å². The summed E-state index contributed by atoms with van der Waals surface area (Å²) in [6.45, 7) is 1.20. The van der Waals surface area contributed by atoms with Crippen LogP contribution in [-0.4, -0.2) is 64.9 Å². The summed E-state index contributed by atoms with van der Waals surface area (Å²) in [6, 6.07) is 7.89. The lowest BCUT2D eigenvalue weighted by Crippen LogP contribution is -2.39. The minimum atomic E-state index is -0.795. The second kappa shape index (κ2) is 7.97. The Morgan fingerprint density at radius 2 is 1.90 bits per heavy atom. The third kappa shape index (κ3) is 3.84. The van der Waals surface area contributed by atoms with Gasteiger partial charge in [-0.05, 0) is 49.0 Å². The fourth-order valence-corrected chi connectivity index (χ4v) is 4.51. The number of aromatic nitrogens is 1. The van der Waals surface area contributed by atoms with Gasteiger partial charge in [-0.3, -0.25) is 14.4 Å². The first-order valence-electron chi connectivity index (χ1n) is 10.4. The number of benzene rings is 1. The highest BCUT2D eigenvalue weighted by Gasteiger charge is 2.36. The molecule has 30 heavy (non-hydrogen) atoms. The Morgan fingerprint density at radius 1 is 1.13 bits per heavy atom. The number of H-pyrrole nitrogens is 1. The van der Waals surface area contributed by atoms with E-state index in [2.05, 4.69) is 11.1 Å². The molecule has 2 atom stereocenters. The molecule has 7 heteroatoms. The quantitative estimate of drug-likeness (QED) is 0.812. The number of hydrogen-bond donors (Lipinski definition) is 2. The van der Waals surface area contributed by atoms with Gasteiger partial charge in [-0.1, -0.05) is 18.2 Å². The summed E-state index contributed by atoms with van der Waals surface area (Å²) in [5, 5.41) is 10.2. The van der Waals surface area contributed by atoms with Crippen LogP contribution in [0.2, 0.25) is 0 Å². The summed E-state index contributed by atoms with van der Waals surface area (Å²) in [4.78, 5) is 43.0. The van der Waals surface area contributed by atoms with Crippen molar-refractivity contribution in [3.05, 3.63) is 41.6 Å². The smallest absolute Gasteiger partial charge is 0.306 e. The van der Waals surface area contributed by atoms with E-state index in [4.69, 9.17) is 0 Å². The predicted molar refractivity (Wildman–Crippen MR) is 114 cm³/mol. The van der Waals surface area contributed by atoms with Crippen molar-refractivity contribution in [3.8, 4) is 0 Å². The van der Waals surface area contributed by atoms with Crippen LogP contribution in [0.15, 0.2) is 30.3 Å². The van der Waals surface area contributed by atoms with Crippen molar-refractivity contribution in [2.75, 3.05) is 27.2 Å². The highest BCUT2D eigenvalue weighted by atomic mass is 16.4. The second-order valence-corrected chi connectivity index (χ2v) is 8.51. The zero-order valence-corrected chi connectivity index (χ0v) is 17.4. The molecule has 2 heterocycles. The summed E-state index contributed by atoms with van der Waals surface area (Å²) < 4.78 is 0. The molecule has 7 nitrogen and oxygen atoms in total. The normalized spacial score (nSPS) is 21.5. The summed E-state index contributed by atoms with van der Waals surface area (Å²) in [6.07, 6.45) is 4.63. The molecule has 0 saturated heterocycles. The molecule has 158 valence electrons. The van der Waals surface area contributed by atoms with Crippen LogP contribution in [-0.2, 0) is 9.59 Å². The molecule has 1 aromatic heterocycles. The maximum absolute atomic E-state index is 13.0. The molecule has 0 spiro atoms. The van der Waals surface area contributed by atoms with E-state index in [0.717, 1.165) is 28.5 Å². The largest absolute Gasteiger partial charge is 0.481 e. The van der Waals surface area contributed by atoms with Crippen molar-refractivity contribution >= 4 is 34.3 Å². The monoisotopic (exact) mass is 409 g/mol. The third-order valence-electron chi connectivity index (χ3n) is 6.22. The van der Waals surface area contributed by atoms with E-state index in [1.54, 1.807) is 14.1 Å². The van der Waals surface area contributed by atoms with Crippen LogP contribution >= 0.6 is 0 Å². The zero-order valence-electron chi connectivity index (χ0n) is 17.4. The van der Waals surface area contributed by atoms with Crippen LogP contribution in [0.25, 0.3) is 16.5 Å². The Bertz CT molecular complexity index is 1040. The lowest BCUT2D eigenvalue weighted by molar-refractivity contribution is -0.141. The number of fused-ring (bicyclic) bond motifs is 1. The number of carbonyl (C=O) groups is 3. The average molecular weight is 409 g/mol. The molecular weight excluding hydrogens is 382 g/mol. The minimum absolute atomic E-state index is 0.0716. The maximum atomic E-state index is 13.0. The van der Waals surface area contributed by atoms with Crippen LogP contribution in [0.3, 0.4) is 0 Å². The lowest BCUT2D eigenvalue weighted by Gasteiger charge is -2.30. The van der Waals surface area contributed by atoms with E-state index < -0.39 is 11.9 Å². The average Bonchev–Trinajstić information content (AvgIpc) is 3.39. The SMILES string of the molecule is CN(C)C(=O)c1cc2ccc(C3=CCCN(C(=O)[C@@H]4CC[C@H](C(=O)O)C4)C3)cc2[nH]1. The van der Waals surface area contributed by atoms with Crippen molar-refractivity contribution < 1.29 is 19.5 Å². The summed E-state index contributed by atoms with van der Waals surface area (Å²) in [5.74, 6) is -1.37. The molecule has 1 aliphatic heterocycles. The van der Waals surface area contributed by atoms with Crippen molar-refractivity contribution in [1.29, 1.82) is 0 Å². The topological polar surface area (TPSA) is 93.7 Å². The van der Waals surface area contributed by atoms with Gasteiger partial charge in [0, 0.05) is 44.0 Å². The Hall–Kier alpha value is -3.09. The van der Waals surface area contributed by atoms with Crippen LogP contribution in [0.4, 0.5) is 0 Å². The number of carboxylic acids is 1. The molecule has 4 rings (SSSR count). The summed E-state index contributed by atoms with van der Waals surface area (Å²) in [7, 11) is 3.45. The lowest BCUT2D eigenvalue weighted by atomic mass is 9.98. The number of rotatable bonds is 4. The van der Waals surface area contributed by atoms with Gasteiger partial charge in [0.15, 0.2) is 0 Å². The van der Waals surface area contributed by atoms with E-state index >= 15 is 0 Å². The van der Waals surface area contributed by atoms with E-state index in [-0.39, 0.29) is 17.7 Å². The maximum Gasteiger partial charge on any atom is 0.306 e. The van der Waals surface area contributed by atoms with E-state index in [9.17, 15) is 19.5 Å². The molecule has 0 radical (unpaired) electrons. The first kappa shape index (κ1) is 20.2. The Kier molecular flexibility index (Phi) is 5.37. The molecule has 2 amide bonds. The van der Waals surface area contributed by atoms with Gasteiger partial charge in [-0.15, -0.1) is 0 Å².